The second kappa shape index (κ2) is 4.08. The molecule has 0 aliphatic carbocycles. The molecule has 2 aromatic rings. The van der Waals surface area contributed by atoms with Gasteiger partial charge in [-0.25, -0.2) is 4.98 Å². The van der Waals surface area contributed by atoms with Crippen molar-refractivity contribution in [3.8, 4) is 0 Å². The predicted molar refractivity (Wildman–Crippen MR) is 67.6 cm³/mol. The Morgan fingerprint density at radius 1 is 1.41 bits per heavy atom. The molecule has 17 heavy (non-hydrogen) atoms. The monoisotopic (exact) mass is 232 g/mol. The minimum Gasteiger partial charge on any atom is -0.369 e. The van der Waals surface area contributed by atoms with Crippen LogP contribution in [0.1, 0.15) is 13.0 Å². The predicted octanol–water partition coefficient (Wildman–Crippen LogP) is 1.27. The van der Waals surface area contributed by atoms with Crippen LogP contribution in [-0.2, 0) is 4.79 Å². The molecule has 1 aromatic carbocycles. The molecule has 0 aliphatic heterocycles. The average Bonchev–Trinajstić information content (AvgIpc) is 2.62. The van der Waals surface area contributed by atoms with Crippen LogP contribution in [0, 0.1) is 0 Å². The average molecular weight is 232 g/mol. The van der Waals surface area contributed by atoms with Gasteiger partial charge in [0.2, 0.25) is 11.9 Å². The topological polar surface area (TPSA) is 64.2 Å². The maximum Gasteiger partial charge on any atom is 0.244 e. The molecule has 0 spiro atoms. The van der Waals surface area contributed by atoms with Gasteiger partial charge in [0.1, 0.15) is 6.04 Å². The lowest BCUT2D eigenvalue weighted by Crippen LogP contribution is -2.30. The molecule has 90 valence electrons. The third-order valence-corrected chi connectivity index (χ3v) is 2.81. The molecule has 0 fully saturated rings. The summed E-state index contributed by atoms with van der Waals surface area (Å²) in [7, 11) is 3.46. The van der Waals surface area contributed by atoms with Crippen LogP contribution in [0.2, 0.25) is 0 Å². The smallest absolute Gasteiger partial charge is 0.244 e. The van der Waals surface area contributed by atoms with E-state index in [0.717, 1.165) is 11.0 Å². The number of nitrogen functional groups attached to an aromatic ring is 1. The van der Waals surface area contributed by atoms with Gasteiger partial charge in [-0.15, -0.1) is 0 Å². The molecule has 0 aliphatic rings. The molecule has 0 bridgehead atoms. The number of carbonyl (C=O) groups excluding carboxylic acids is 1. The Morgan fingerprint density at radius 2 is 2.06 bits per heavy atom. The molecule has 5 heteroatoms. The minimum absolute atomic E-state index is 0.000136. The molecule has 2 N–H and O–H groups in total. The van der Waals surface area contributed by atoms with Crippen molar-refractivity contribution in [1.82, 2.24) is 14.5 Å². The Kier molecular flexibility index (Phi) is 2.75. The number of carbonyl (C=O) groups is 1. The largest absolute Gasteiger partial charge is 0.369 e. The van der Waals surface area contributed by atoms with Crippen LogP contribution in [0.5, 0.6) is 0 Å². The summed E-state index contributed by atoms with van der Waals surface area (Å²) in [6, 6.07) is 7.26. The molecule has 1 aromatic heterocycles. The first-order chi connectivity index (χ1) is 8.02. The van der Waals surface area contributed by atoms with E-state index in [-0.39, 0.29) is 11.9 Å². The molecule has 0 radical (unpaired) electrons. The number of benzene rings is 1. The number of nitrogens with two attached hydrogens (primary N) is 1. The van der Waals surface area contributed by atoms with Crippen LogP contribution in [0.4, 0.5) is 5.95 Å². The number of aromatic nitrogens is 2. The maximum atomic E-state index is 12.0. The number of anilines is 1. The van der Waals surface area contributed by atoms with Gasteiger partial charge in [-0.05, 0) is 19.1 Å². The summed E-state index contributed by atoms with van der Waals surface area (Å²) in [5.41, 5.74) is 7.56. The molecule has 0 saturated heterocycles. The summed E-state index contributed by atoms with van der Waals surface area (Å²) in [4.78, 5) is 17.8. The van der Waals surface area contributed by atoms with Gasteiger partial charge in [-0.2, -0.15) is 0 Å². The zero-order valence-corrected chi connectivity index (χ0v) is 10.2. The van der Waals surface area contributed by atoms with Crippen LogP contribution in [0.25, 0.3) is 11.0 Å². The Balaban J connectivity index is 2.55. The van der Waals surface area contributed by atoms with E-state index >= 15 is 0 Å². The lowest BCUT2D eigenvalue weighted by molar-refractivity contribution is -0.131. The number of nitrogens with zero attached hydrogens (tertiary/aromatic N) is 3. The summed E-state index contributed by atoms with van der Waals surface area (Å²) in [6.45, 7) is 1.83. The Labute approximate surface area is 99.8 Å². The number of hydrogen-bond acceptors (Lipinski definition) is 3. The van der Waals surface area contributed by atoms with Crippen LogP contribution in [0.15, 0.2) is 24.3 Å². The van der Waals surface area contributed by atoms with Crippen molar-refractivity contribution >= 4 is 22.9 Å². The number of para-hydroxylation sites is 2. The molecule has 5 nitrogen and oxygen atoms in total. The summed E-state index contributed by atoms with van der Waals surface area (Å²) >= 11 is 0. The van der Waals surface area contributed by atoms with Gasteiger partial charge >= 0.3 is 0 Å². The number of amides is 1. The fourth-order valence-corrected chi connectivity index (χ4v) is 1.95. The van der Waals surface area contributed by atoms with Gasteiger partial charge in [0, 0.05) is 14.1 Å². The molecule has 1 heterocycles. The molecule has 1 unspecified atom stereocenters. The zero-order valence-electron chi connectivity index (χ0n) is 10.2. The molecular weight excluding hydrogens is 216 g/mol. The van der Waals surface area contributed by atoms with Crippen molar-refractivity contribution in [2.24, 2.45) is 0 Å². The highest BCUT2D eigenvalue weighted by Gasteiger charge is 2.21. The van der Waals surface area contributed by atoms with E-state index in [2.05, 4.69) is 4.98 Å². The Hall–Kier alpha value is -2.04. The number of rotatable bonds is 2. The van der Waals surface area contributed by atoms with Crippen molar-refractivity contribution in [1.29, 1.82) is 0 Å². The van der Waals surface area contributed by atoms with Crippen molar-refractivity contribution < 1.29 is 4.79 Å². The summed E-state index contributed by atoms with van der Waals surface area (Å²) in [5.74, 6) is 0.369. The van der Waals surface area contributed by atoms with E-state index in [1.54, 1.807) is 23.6 Å². The maximum absolute atomic E-state index is 12.0. The van der Waals surface area contributed by atoms with Crippen LogP contribution < -0.4 is 5.73 Å². The molecule has 1 amide bonds. The third-order valence-electron chi connectivity index (χ3n) is 2.81. The molecular formula is C12H16N4O. The van der Waals surface area contributed by atoms with Crippen LogP contribution in [0.3, 0.4) is 0 Å². The summed E-state index contributed by atoms with van der Waals surface area (Å²) < 4.78 is 1.76. The van der Waals surface area contributed by atoms with Gasteiger partial charge in [0.15, 0.2) is 0 Å². The van der Waals surface area contributed by atoms with Crippen LogP contribution in [-0.4, -0.2) is 34.5 Å². The lowest BCUT2D eigenvalue weighted by atomic mass is 10.2. The number of fused-ring (bicyclic) bond motifs is 1. The standard InChI is InChI=1S/C12H16N4O/c1-8(11(17)15(2)3)16-10-7-5-4-6-9(10)14-12(16)13/h4-8H,1-3H3,(H2,13,14). The van der Waals surface area contributed by atoms with E-state index < -0.39 is 0 Å². The van der Waals surface area contributed by atoms with Crippen molar-refractivity contribution in [2.45, 2.75) is 13.0 Å². The zero-order chi connectivity index (χ0) is 12.6. The quantitative estimate of drug-likeness (QED) is 0.848. The second-order valence-corrected chi connectivity index (χ2v) is 4.24. The van der Waals surface area contributed by atoms with Gasteiger partial charge in [-0.3, -0.25) is 9.36 Å². The number of imidazole rings is 1. The first kappa shape index (κ1) is 11.4. The fourth-order valence-electron chi connectivity index (χ4n) is 1.95. The normalized spacial score (nSPS) is 12.6. The molecule has 1 atom stereocenters. The third kappa shape index (κ3) is 1.84. The minimum atomic E-state index is -0.350. The van der Waals surface area contributed by atoms with Gasteiger partial charge < -0.3 is 10.6 Å². The highest BCUT2D eigenvalue weighted by Crippen LogP contribution is 2.23. The highest BCUT2D eigenvalue weighted by molar-refractivity contribution is 5.85. The second-order valence-electron chi connectivity index (χ2n) is 4.24. The fraction of sp³-hybridized carbons (Fsp3) is 0.333. The van der Waals surface area contributed by atoms with E-state index in [9.17, 15) is 4.79 Å². The summed E-state index contributed by atoms with van der Waals surface area (Å²) in [5, 5.41) is 0. The van der Waals surface area contributed by atoms with E-state index in [1.807, 2.05) is 31.2 Å². The first-order valence-electron chi connectivity index (χ1n) is 5.46. The molecule has 0 saturated carbocycles. The highest BCUT2D eigenvalue weighted by atomic mass is 16.2. The number of likely N-dealkylation sites (N-methyl/N-ethyl adjacent to an activating group) is 1. The van der Waals surface area contributed by atoms with E-state index in [4.69, 9.17) is 5.73 Å². The van der Waals surface area contributed by atoms with E-state index in [1.165, 1.54) is 0 Å². The first-order valence-corrected chi connectivity index (χ1v) is 5.46. The Morgan fingerprint density at radius 3 is 2.71 bits per heavy atom. The Bertz CT molecular complexity index is 559. The number of hydrogen-bond donors (Lipinski definition) is 1. The van der Waals surface area contributed by atoms with Crippen molar-refractivity contribution in [3.63, 3.8) is 0 Å². The SMILES string of the molecule is CC(C(=O)N(C)C)n1c(N)nc2ccccc21. The lowest BCUT2D eigenvalue weighted by Gasteiger charge is -2.19. The van der Waals surface area contributed by atoms with Crippen molar-refractivity contribution in [3.05, 3.63) is 24.3 Å². The van der Waals surface area contributed by atoms with Gasteiger partial charge in [0.05, 0.1) is 11.0 Å². The van der Waals surface area contributed by atoms with Crippen LogP contribution >= 0.6 is 0 Å². The summed E-state index contributed by atoms with van der Waals surface area (Å²) in [6.07, 6.45) is 0. The van der Waals surface area contributed by atoms with E-state index in [0.29, 0.717) is 5.95 Å². The van der Waals surface area contributed by atoms with Crippen molar-refractivity contribution in [2.75, 3.05) is 19.8 Å². The van der Waals surface area contributed by atoms with Gasteiger partial charge in [0.25, 0.3) is 0 Å². The molecule has 2 rings (SSSR count). The van der Waals surface area contributed by atoms with Gasteiger partial charge in [-0.1, -0.05) is 12.1 Å².